The molecule has 0 bridgehead atoms. The number of carbonyl (C=O) groups excluding carboxylic acids is 2. The number of rotatable bonds is 10. The maximum absolute atomic E-state index is 12.5. The quantitative estimate of drug-likeness (QED) is 0.511. The lowest BCUT2D eigenvalue weighted by molar-refractivity contribution is -0.144. The Morgan fingerprint density at radius 3 is 2.18 bits per heavy atom. The zero-order valence-electron chi connectivity index (χ0n) is 18.5. The van der Waals surface area contributed by atoms with E-state index in [2.05, 4.69) is 22.8 Å². The summed E-state index contributed by atoms with van der Waals surface area (Å²) in [6, 6.07) is 15.1. The molecule has 1 saturated carbocycles. The highest BCUT2D eigenvalue weighted by atomic mass is 16.5. The molecule has 8 nitrogen and oxygen atoms in total. The van der Waals surface area contributed by atoms with Crippen molar-refractivity contribution in [1.29, 1.82) is 0 Å². The van der Waals surface area contributed by atoms with E-state index in [-0.39, 0.29) is 19.1 Å². The summed E-state index contributed by atoms with van der Waals surface area (Å²) in [5.74, 6) is -1.38. The number of nitrogens with one attached hydrogen (secondary N) is 2. The number of alkyl carbamates (subject to hydrolysis) is 1. The van der Waals surface area contributed by atoms with Crippen molar-refractivity contribution in [3.8, 4) is 11.1 Å². The predicted octanol–water partition coefficient (Wildman–Crippen LogP) is 2.91. The molecule has 0 radical (unpaired) electrons. The fourth-order valence-electron chi connectivity index (χ4n) is 4.28. The Morgan fingerprint density at radius 2 is 1.64 bits per heavy atom. The van der Waals surface area contributed by atoms with E-state index < -0.39 is 30.1 Å². The summed E-state index contributed by atoms with van der Waals surface area (Å²) in [5, 5.41) is 14.4. The average Bonchev–Trinajstić information content (AvgIpc) is 3.58. The molecule has 174 valence electrons. The van der Waals surface area contributed by atoms with Crippen LogP contribution in [0, 0.1) is 5.92 Å². The molecule has 2 atom stereocenters. The Morgan fingerprint density at radius 1 is 1.03 bits per heavy atom. The fraction of sp³-hybridized carbons (Fsp3) is 0.400. The first-order valence-corrected chi connectivity index (χ1v) is 11.1. The Labute approximate surface area is 192 Å². The van der Waals surface area contributed by atoms with Crippen LogP contribution in [0.1, 0.15) is 36.3 Å². The molecule has 2 unspecified atom stereocenters. The van der Waals surface area contributed by atoms with Crippen LogP contribution in [0.4, 0.5) is 4.79 Å². The fourth-order valence-corrected chi connectivity index (χ4v) is 4.28. The zero-order chi connectivity index (χ0) is 23.4. The van der Waals surface area contributed by atoms with Gasteiger partial charge in [-0.3, -0.25) is 4.79 Å². The highest BCUT2D eigenvalue weighted by Crippen LogP contribution is 2.44. The summed E-state index contributed by atoms with van der Waals surface area (Å²) in [7, 11) is 1.33. The van der Waals surface area contributed by atoms with E-state index in [0.717, 1.165) is 35.1 Å². The lowest BCUT2D eigenvalue weighted by Gasteiger charge is -2.20. The monoisotopic (exact) mass is 452 g/mol. The van der Waals surface area contributed by atoms with Crippen molar-refractivity contribution in [2.45, 2.75) is 37.3 Å². The number of carboxylic acid groups (broad SMARTS) is 1. The summed E-state index contributed by atoms with van der Waals surface area (Å²) >= 11 is 0. The van der Waals surface area contributed by atoms with Gasteiger partial charge in [0.1, 0.15) is 12.6 Å². The van der Waals surface area contributed by atoms with Crippen molar-refractivity contribution in [2.24, 2.45) is 5.92 Å². The molecule has 0 heterocycles. The van der Waals surface area contributed by atoms with Gasteiger partial charge in [0.2, 0.25) is 0 Å². The van der Waals surface area contributed by atoms with Crippen LogP contribution in [0.3, 0.4) is 0 Å². The Hall–Kier alpha value is -3.39. The molecule has 3 N–H and O–H groups in total. The summed E-state index contributed by atoms with van der Waals surface area (Å²) in [6.07, 6.45) is 0.677. The number of amides is 2. The molecule has 4 rings (SSSR count). The first kappa shape index (κ1) is 22.8. The number of carboxylic acids is 1. The lowest BCUT2D eigenvalue weighted by Crippen LogP contribution is -2.49. The van der Waals surface area contributed by atoms with Gasteiger partial charge in [0.15, 0.2) is 6.10 Å². The molecule has 8 heteroatoms. The topological polar surface area (TPSA) is 114 Å². The van der Waals surface area contributed by atoms with Gasteiger partial charge in [-0.25, -0.2) is 9.59 Å². The summed E-state index contributed by atoms with van der Waals surface area (Å²) < 4.78 is 10.6. The number of carbonyl (C=O) groups is 3. The van der Waals surface area contributed by atoms with Gasteiger partial charge in [-0.15, -0.1) is 0 Å². The third kappa shape index (κ3) is 5.34. The van der Waals surface area contributed by atoms with Crippen LogP contribution in [0.15, 0.2) is 48.5 Å². The number of methoxy groups -OCH3 is 1. The van der Waals surface area contributed by atoms with E-state index in [0.29, 0.717) is 12.3 Å². The average molecular weight is 453 g/mol. The minimum Gasteiger partial charge on any atom is -0.480 e. The number of benzene rings is 2. The summed E-state index contributed by atoms with van der Waals surface area (Å²) in [5.41, 5.74) is 4.49. The van der Waals surface area contributed by atoms with Crippen molar-refractivity contribution < 1.29 is 29.0 Å². The van der Waals surface area contributed by atoms with E-state index >= 15 is 0 Å². The molecule has 2 aromatic carbocycles. The first-order chi connectivity index (χ1) is 16.0. The molecule has 0 spiro atoms. The normalized spacial score (nSPS) is 16.3. The smallest absolute Gasteiger partial charge is 0.407 e. The molecule has 2 amide bonds. The lowest BCUT2D eigenvalue weighted by atomic mass is 9.98. The Bertz CT molecular complexity index is 990. The minimum atomic E-state index is -1.07. The maximum atomic E-state index is 12.5. The number of hydrogen-bond donors (Lipinski definition) is 3. The molecule has 0 aliphatic heterocycles. The van der Waals surface area contributed by atoms with Crippen molar-refractivity contribution in [3.63, 3.8) is 0 Å². The predicted molar refractivity (Wildman–Crippen MR) is 121 cm³/mol. The second-order valence-corrected chi connectivity index (χ2v) is 8.51. The molecule has 1 fully saturated rings. The Kier molecular flexibility index (Phi) is 6.93. The number of aliphatic carboxylic acids is 1. The largest absolute Gasteiger partial charge is 0.480 e. The number of ether oxygens (including phenoxy) is 2. The van der Waals surface area contributed by atoms with Crippen molar-refractivity contribution >= 4 is 18.0 Å². The molecule has 2 aliphatic rings. The number of hydrogen-bond acceptors (Lipinski definition) is 5. The van der Waals surface area contributed by atoms with Gasteiger partial charge in [-0.05, 0) is 34.6 Å². The van der Waals surface area contributed by atoms with Crippen LogP contribution >= 0.6 is 0 Å². The van der Waals surface area contributed by atoms with Crippen LogP contribution in [0.2, 0.25) is 0 Å². The van der Waals surface area contributed by atoms with E-state index in [4.69, 9.17) is 9.47 Å². The Balaban J connectivity index is 1.30. The molecule has 2 aromatic rings. The third-order valence-electron chi connectivity index (χ3n) is 6.23. The zero-order valence-corrected chi connectivity index (χ0v) is 18.5. The van der Waals surface area contributed by atoms with Crippen molar-refractivity contribution in [3.05, 3.63) is 59.7 Å². The van der Waals surface area contributed by atoms with Gasteiger partial charge >= 0.3 is 12.1 Å². The summed E-state index contributed by atoms with van der Waals surface area (Å²) in [4.78, 5) is 36.2. The maximum Gasteiger partial charge on any atom is 0.407 e. The molecule has 33 heavy (non-hydrogen) atoms. The van der Waals surface area contributed by atoms with Gasteiger partial charge in [-0.2, -0.15) is 0 Å². The van der Waals surface area contributed by atoms with Crippen LogP contribution in [0.25, 0.3) is 11.1 Å². The molecule has 0 saturated heterocycles. The van der Waals surface area contributed by atoms with Gasteiger partial charge in [0.05, 0.1) is 6.54 Å². The van der Waals surface area contributed by atoms with E-state index in [1.165, 1.54) is 7.11 Å². The highest BCUT2D eigenvalue weighted by molar-refractivity contribution is 5.87. The van der Waals surface area contributed by atoms with E-state index in [1.54, 1.807) is 0 Å². The van der Waals surface area contributed by atoms with Gasteiger partial charge in [0.25, 0.3) is 5.91 Å². The van der Waals surface area contributed by atoms with Crippen LogP contribution < -0.4 is 10.6 Å². The standard InChI is InChI=1S/C25H28N2O6/c1-32-22(23(28)27-21(24(29)30)12-15-10-11-15)13-26-25(31)33-14-20-18-8-4-2-6-16(18)17-7-3-5-9-19(17)20/h2-9,15,20-22H,10-14H2,1H3,(H,26,31)(H,27,28)(H,29,30). The van der Waals surface area contributed by atoms with Crippen LogP contribution in [-0.4, -0.2) is 55.5 Å². The van der Waals surface area contributed by atoms with Crippen molar-refractivity contribution in [1.82, 2.24) is 10.6 Å². The second-order valence-electron chi connectivity index (χ2n) is 8.51. The van der Waals surface area contributed by atoms with Gasteiger partial charge in [-0.1, -0.05) is 61.4 Å². The van der Waals surface area contributed by atoms with Crippen LogP contribution in [-0.2, 0) is 19.1 Å². The van der Waals surface area contributed by atoms with Crippen molar-refractivity contribution in [2.75, 3.05) is 20.3 Å². The minimum absolute atomic E-state index is 0.0663. The first-order valence-electron chi connectivity index (χ1n) is 11.1. The molecular weight excluding hydrogens is 424 g/mol. The molecule has 2 aliphatic carbocycles. The molecule has 0 aromatic heterocycles. The van der Waals surface area contributed by atoms with E-state index in [9.17, 15) is 19.5 Å². The second kappa shape index (κ2) is 10.0. The number of fused-ring (bicyclic) bond motifs is 3. The van der Waals surface area contributed by atoms with Gasteiger partial charge in [0, 0.05) is 13.0 Å². The van der Waals surface area contributed by atoms with E-state index in [1.807, 2.05) is 36.4 Å². The highest BCUT2D eigenvalue weighted by Gasteiger charge is 2.32. The molecular formula is C25H28N2O6. The van der Waals surface area contributed by atoms with Gasteiger partial charge < -0.3 is 25.2 Å². The van der Waals surface area contributed by atoms with Crippen LogP contribution in [0.5, 0.6) is 0 Å². The SMILES string of the molecule is COC(CNC(=O)OCC1c2ccccc2-c2ccccc21)C(=O)NC(CC1CC1)C(=O)O. The summed E-state index contributed by atoms with van der Waals surface area (Å²) in [6.45, 7) is 0.0287. The third-order valence-corrected chi connectivity index (χ3v) is 6.23.